The molecule has 0 spiro atoms. The van der Waals surface area contributed by atoms with Gasteiger partial charge in [-0.2, -0.15) is 0 Å². The molecule has 4 saturated carbocycles. The molecular weight excluding hydrogens is 564 g/mol. The number of aliphatic carboxylic acids is 1. The van der Waals surface area contributed by atoms with E-state index in [1.165, 1.54) is 11.6 Å². The van der Waals surface area contributed by atoms with Crippen molar-refractivity contribution in [3.8, 4) is 5.75 Å². The SMILES string of the molecule is C[C@@H]1CC[C@]2(C(=O)O)CC[C@]3(C)C(=CCC4[C@@]5(C)C[C@H](O)[C@@H](OC(=O)/C=C/c6ccc(O)cc6)C(C)(C)C5CC[C@]43C)C2[C@H]1C. The third-order valence-corrected chi connectivity index (χ3v) is 14.9. The fourth-order valence-electron chi connectivity index (χ4n) is 12.1. The number of carbonyl (C=O) groups is 2. The zero-order valence-electron chi connectivity index (χ0n) is 28.3. The smallest absolute Gasteiger partial charge is 0.331 e. The van der Waals surface area contributed by atoms with Gasteiger partial charge in [-0.1, -0.05) is 72.2 Å². The topological polar surface area (TPSA) is 104 Å². The molecule has 0 aliphatic heterocycles. The minimum atomic E-state index is -0.780. The van der Waals surface area contributed by atoms with Gasteiger partial charge in [0.25, 0.3) is 0 Å². The van der Waals surface area contributed by atoms with E-state index >= 15 is 0 Å². The fraction of sp³-hybridized carbons (Fsp3) is 0.692. The molecule has 3 unspecified atom stereocenters. The number of carboxylic acids is 1. The van der Waals surface area contributed by atoms with Crippen LogP contribution in [0.5, 0.6) is 5.75 Å². The van der Waals surface area contributed by atoms with Gasteiger partial charge in [0.1, 0.15) is 11.9 Å². The molecule has 11 atom stereocenters. The molecule has 0 heterocycles. The van der Waals surface area contributed by atoms with Crippen LogP contribution in [0.1, 0.15) is 105 Å². The molecule has 0 radical (unpaired) electrons. The van der Waals surface area contributed by atoms with Crippen LogP contribution in [0.25, 0.3) is 6.08 Å². The number of hydrogen-bond donors (Lipinski definition) is 3. The van der Waals surface area contributed by atoms with E-state index in [0.29, 0.717) is 24.2 Å². The van der Waals surface area contributed by atoms with E-state index in [1.807, 2.05) is 0 Å². The minimum Gasteiger partial charge on any atom is -0.508 e. The Morgan fingerprint density at radius 2 is 1.62 bits per heavy atom. The van der Waals surface area contributed by atoms with Crippen molar-refractivity contribution in [3.05, 3.63) is 47.6 Å². The third-order valence-electron chi connectivity index (χ3n) is 14.9. The van der Waals surface area contributed by atoms with Crippen molar-refractivity contribution in [1.82, 2.24) is 0 Å². The van der Waals surface area contributed by atoms with E-state index in [2.05, 4.69) is 54.5 Å². The number of aliphatic hydroxyl groups is 1. The lowest BCUT2D eigenvalue weighted by Gasteiger charge is -2.71. The summed E-state index contributed by atoms with van der Waals surface area (Å²) in [6.45, 7) is 16.2. The molecule has 246 valence electrons. The Hall–Kier alpha value is -2.60. The molecule has 1 aromatic rings. The van der Waals surface area contributed by atoms with E-state index in [1.54, 1.807) is 30.3 Å². The number of esters is 1. The van der Waals surface area contributed by atoms with Gasteiger partial charge >= 0.3 is 11.9 Å². The summed E-state index contributed by atoms with van der Waals surface area (Å²) < 4.78 is 6.05. The zero-order valence-corrected chi connectivity index (χ0v) is 28.3. The number of benzene rings is 1. The molecule has 0 saturated heterocycles. The monoisotopic (exact) mass is 618 g/mol. The molecule has 0 aromatic heterocycles. The number of phenols is 1. The Morgan fingerprint density at radius 3 is 2.29 bits per heavy atom. The minimum absolute atomic E-state index is 0.0143. The molecule has 6 heteroatoms. The number of allylic oxidation sites excluding steroid dienone is 2. The van der Waals surface area contributed by atoms with Gasteiger partial charge in [0.15, 0.2) is 0 Å². The number of aliphatic hydroxyl groups excluding tert-OH is 1. The maximum Gasteiger partial charge on any atom is 0.331 e. The Morgan fingerprint density at radius 1 is 0.933 bits per heavy atom. The second-order valence-corrected chi connectivity index (χ2v) is 17.0. The first-order valence-corrected chi connectivity index (χ1v) is 17.3. The molecule has 0 bridgehead atoms. The van der Waals surface area contributed by atoms with E-state index in [-0.39, 0.29) is 33.8 Å². The summed E-state index contributed by atoms with van der Waals surface area (Å²) in [5.41, 5.74) is 0.857. The van der Waals surface area contributed by atoms with Crippen LogP contribution in [-0.2, 0) is 14.3 Å². The molecule has 6 rings (SSSR count). The number of rotatable bonds is 4. The lowest BCUT2D eigenvalue weighted by molar-refractivity contribution is -0.238. The molecular formula is C39H54O6. The van der Waals surface area contributed by atoms with Gasteiger partial charge in [-0.15, -0.1) is 0 Å². The second-order valence-electron chi connectivity index (χ2n) is 17.0. The first-order chi connectivity index (χ1) is 21.0. The second kappa shape index (κ2) is 10.7. The molecule has 0 amide bonds. The van der Waals surface area contributed by atoms with E-state index < -0.39 is 35.0 Å². The van der Waals surface area contributed by atoms with Gasteiger partial charge < -0.3 is 20.1 Å². The van der Waals surface area contributed by atoms with E-state index in [0.717, 1.165) is 50.5 Å². The fourth-order valence-corrected chi connectivity index (χ4v) is 12.1. The maximum atomic E-state index is 13.0. The normalized spacial score (nSPS) is 45.3. The molecule has 3 N–H and O–H groups in total. The molecule has 45 heavy (non-hydrogen) atoms. The number of fused-ring (bicyclic) bond motifs is 7. The number of carboxylic acid groups (broad SMARTS) is 1. The predicted octanol–water partition coefficient (Wildman–Crippen LogP) is 8.03. The number of carbonyl (C=O) groups excluding carboxylic acids is 1. The van der Waals surface area contributed by atoms with Crippen molar-refractivity contribution >= 4 is 18.0 Å². The van der Waals surface area contributed by atoms with Crippen LogP contribution in [-0.4, -0.2) is 39.5 Å². The van der Waals surface area contributed by atoms with Crippen LogP contribution < -0.4 is 0 Å². The van der Waals surface area contributed by atoms with E-state index in [4.69, 9.17) is 4.74 Å². The van der Waals surface area contributed by atoms with Crippen molar-refractivity contribution < 1.29 is 29.6 Å². The third kappa shape index (κ3) is 4.58. The summed E-state index contributed by atoms with van der Waals surface area (Å²) in [5.74, 6) is 0.617. The predicted molar refractivity (Wildman–Crippen MR) is 175 cm³/mol. The van der Waals surface area contributed by atoms with Crippen LogP contribution in [0.15, 0.2) is 42.0 Å². The van der Waals surface area contributed by atoms with Crippen LogP contribution >= 0.6 is 0 Å². The first-order valence-electron chi connectivity index (χ1n) is 17.3. The van der Waals surface area contributed by atoms with Gasteiger partial charge in [-0.3, -0.25) is 4.79 Å². The Bertz CT molecular complexity index is 1410. The average molecular weight is 619 g/mol. The van der Waals surface area contributed by atoms with Crippen LogP contribution in [0, 0.1) is 56.7 Å². The summed E-state index contributed by atoms with van der Waals surface area (Å²) in [6.07, 6.45) is 11.1. The highest BCUT2D eigenvalue weighted by atomic mass is 16.6. The zero-order chi connectivity index (χ0) is 32.7. The summed E-state index contributed by atoms with van der Waals surface area (Å²) in [7, 11) is 0. The Kier molecular flexibility index (Phi) is 7.70. The summed E-state index contributed by atoms with van der Waals surface area (Å²) in [6, 6.07) is 6.62. The molecule has 5 aliphatic carbocycles. The van der Waals surface area contributed by atoms with Gasteiger partial charge in [0.2, 0.25) is 0 Å². The summed E-state index contributed by atoms with van der Waals surface area (Å²) >= 11 is 0. The number of ether oxygens (including phenoxy) is 1. The highest BCUT2D eigenvalue weighted by Crippen LogP contribution is 2.75. The largest absolute Gasteiger partial charge is 0.508 e. The molecule has 6 nitrogen and oxygen atoms in total. The Balaban J connectivity index is 1.29. The van der Waals surface area contributed by atoms with E-state index in [9.17, 15) is 24.9 Å². The van der Waals surface area contributed by atoms with Crippen LogP contribution in [0.3, 0.4) is 0 Å². The molecule has 5 aliphatic rings. The molecule has 1 aromatic carbocycles. The number of aromatic hydroxyl groups is 1. The van der Waals surface area contributed by atoms with Crippen molar-refractivity contribution in [2.24, 2.45) is 56.7 Å². The lowest BCUT2D eigenvalue weighted by atomic mass is 9.33. The lowest BCUT2D eigenvalue weighted by Crippen LogP contribution is -2.67. The highest BCUT2D eigenvalue weighted by molar-refractivity contribution is 5.87. The van der Waals surface area contributed by atoms with Gasteiger partial charge in [-0.05, 0) is 121 Å². The van der Waals surface area contributed by atoms with Crippen molar-refractivity contribution in [3.63, 3.8) is 0 Å². The van der Waals surface area contributed by atoms with Crippen LogP contribution in [0.4, 0.5) is 0 Å². The number of hydrogen-bond acceptors (Lipinski definition) is 5. The van der Waals surface area contributed by atoms with Gasteiger partial charge in [0, 0.05) is 11.5 Å². The first kappa shape index (κ1) is 32.3. The van der Waals surface area contributed by atoms with Crippen LogP contribution in [0.2, 0.25) is 0 Å². The molecule has 4 fully saturated rings. The standard InChI is InChI=1S/C39H54O6/c1-23-16-19-39(34(43)44)21-20-37(6)27(32(39)24(23)2)13-14-30-36(5)22-28(41)33(35(3,4)29(36)17-18-38(30,37)7)45-31(42)15-10-25-8-11-26(40)12-9-25/h8-13,15,23-24,28-30,32-33,40-41H,14,16-22H2,1-7H3,(H,43,44)/b15-10+/t23-,24+,28+,29?,30?,32?,33-,36+,37-,38-,39+/m1/s1. The quantitative estimate of drug-likeness (QED) is 0.179. The average Bonchev–Trinajstić information content (AvgIpc) is 2.97. The number of phenolic OH excluding ortho intramolecular Hbond substituents is 1. The maximum absolute atomic E-state index is 13.0. The highest BCUT2D eigenvalue weighted by Gasteiger charge is 2.70. The summed E-state index contributed by atoms with van der Waals surface area (Å²) in [5, 5.41) is 32.0. The Labute approximate surface area is 269 Å². The van der Waals surface area contributed by atoms with Crippen molar-refractivity contribution in [2.75, 3.05) is 0 Å². The summed E-state index contributed by atoms with van der Waals surface area (Å²) in [4.78, 5) is 26.0. The van der Waals surface area contributed by atoms with Crippen molar-refractivity contribution in [2.45, 2.75) is 112 Å². The van der Waals surface area contributed by atoms with Crippen molar-refractivity contribution in [1.29, 1.82) is 0 Å². The van der Waals surface area contributed by atoms with Gasteiger partial charge in [-0.25, -0.2) is 4.79 Å². The van der Waals surface area contributed by atoms with Gasteiger partial charge in [0.05, 0.1) is 11.5 Å².